The zero-order valence-electron chi connectivity index (χ0n) is 17.3. The number of amides is 1. The minimum atomic E-state index is -3.64. The molecular formula is C20H23N7O3S. The number of hydrogen-bond donors (Lipinski definition) is 1. The molecule has 1 fully saturated rings. The molecule has 2 aromatic heterocycles. The number of imidazole rings is 1. The van der Waals surface area contributed by atoms with E-state index in [9.17, 15) is 13.2 Å². The van der Waals surface area contributed by atoms with Crippen LogP contribution in [0.2, 0.25) is 0 Å². The largest absolute Gasteiger partial charge is 0.354 e. The topological polar surface area (TPSA) is 113 Å². The number of rotatable bonds is 5. The summed E-state index contributed by atoms with van der Waals surface area (Å²) in [5, 5.41) is 2.67. The molecule has 31 heavy (non-hydrogen) atoms. The van der Waals surface area contributed by atoms with Crippen LogP contribution in [0.4, 0.5) is 11.5 Å². The van der Waals surface area contributed by atoms with Gasteiger partial charge >= 0.3 is 0 Å². The number of nitrogens with one attached hydrogen (secondary N) is 1. The molecule has 4 rings (SSSR count). The SMILES string of the molecule is CC(=O)Nc1ccc(S(=O)(=O)N2CCN(c3cc(-n4ccnc4)ncn3)CC2)c(C)c1. The Morgan fingerprint density at radius 3 is 2.45 bits per heavy atom. The highest BCUT2D eigenvalue weighted by atomic mass is 32.2. The van der Waals surface area contributed by atoms with Crippen molar-refractivity contribution in [3.05, 3.63) is 54.9 Å². The lowest BCUT2D eigenvalue weighted by atomic mass is 10.2. The normalized spacial score (nSPS) is 15.1. The Labute approximate surface area is 180 Å². The number of carbonyl (C=O) groups excluding carboxylic acids is 1. The maximum absolute atomic E-state index is 13.2. The first-order valence-corrected chi connectivity index (χ1v) is 11.2. The molecule has 0 atom stereocenters. The van der Waals surface area contributed by atoms with E-state index in [0.717, 1.165) is 5.82 Å². The summed E-state index contributed by atoms with van der Waals surface area (Å²) < 4.78 is 29.6. The summed E-state index contributed by atoms with van der Waals surface area (Å²) in [4.78, 5) is 26.2. The molecule has 0 radical (unpaired) electrons. The van der Waals surface area contributed by atoms with Crippen LogP contribution >= 0.6 is 0 Å². The van der Waals surface area contributed by atoms with Crippen molar-refractivity contribution in [2.75, 3.05) is 36.4 Å². The highest BCUT2D eigenvalue weighted by molar-refractivity contribution is 7.89. The van der Waals surface area contributed by atoms with E-state index >= 15 is 0 Å². The quantitative estimate of drug-likeness (QED) is 0.637. The van der Waals surface area contributed by atoms with Crippen LogP contribution in [0.5, 0.6) is 0 Å². The summed E-state index contributed by atoms with van der Waals surface area (Å²) in [5.74, 6) is 1.24. The van der Waals surface area contributed by atoms with E-state index in [0.29, 0.717) is 43.2 Å². The average molecular weight is 442 g/mol. The molecule has 3 aromatic rings. The number of nitrogens with zero attached hydrogens (tertiary/aromatic N) is 6. The molecule has 0 saturated carbocycles. The van der Waals surface area contributed by atoms with Gasteiger partial charge in [-0.15, -0.1) is 0 Å². The molecule has 10 nitrogen and oxygen atoms in total. The lowest BCUT2D eigenvalue weighted by Gasteiger charge is -2.35. The first-order chi connectivity index (χ1) is 14.8. The fourth-order valence-corrected chi connectivity index (χ4v) is 5.19. The summed E-state index contributed by atoms with van der Waals surface area (Å²) in [6.45, 7) is 4.87. The molecular weight excluding hydrogens is 418 g/mol. The van der Waals surface area contributed by atoms with E-state index in [1.165, 1.54) is 17.6 Å². The van der Waals surface area contributed by atoms with Gasteiger partial charge in [0.2, 0.25) is 15.9 Å². The van der Waals surface area contributed by atoms with Crippen molar-refractivity contribution in [3.63, 3.8) is 0 Å². The number of sulfonamides is 1. The van der Waals surface area contributed by atoms with Crippen LogP contribution < -0.4 is 10.2 Å². The van der Waals surface area contributed by atoms with Gasteiger partial charge in [-0.2, -0.15) is 4.31 Å². The van der Waals surface area contributed by atoms with Crippen LogP contribution in [0.25, 0.3) is 5.82 Å². The van der Waals surface area contributed by atoms with Crippen LogP contribution in [-0.4, -0.2) is 64.3 Å². The molecule has 0 aliphatic carbocycles. The van der Waals surface area contributed by atoms with Crippen molar-refractivity contribution in [2.24, 2.45) is 0 Å². The minimum absolute atomic E-state index is 0.202. The maximum Gasteiger partial charge on any atom is 0.243 e. The van der Waals surface area contributed by atoms with Crippen molar-refractivity contribution in [3.8, 4) is 5.82 Å². The summed E-state index contributed by atoms with van der Waals surface area (Å²) in [6, 6.07) is 6.68. The van der Waals surface area contributed by atoms with E-state index in [1.54, 1.807) is 48.4 Å². The van der Waals surface area contributed by atoms with Gasteiger partial charge in [-0.1, -0.05) is 0 Å². The second-order valence-electron chi connectivity index (χ2n) is 7.26. The molecule has 162 valence electrons. The molecule has 1 aliphatic heterocycles. The Bertz CT molecular complexity index is 1190. The number of aromatic nitrogens is 4. The highest BCUT2D eigenvalue weighted by Crippen LogP contribution is 2.25. The zero-order chi connectivity index (χ0) is 22.0. The third kappa shape index (κ3) is 4.42. The summed E-state index contributed by atoms with van der Waals surface area (Å²) >= 11 is 0. The van der Waals surface area contributed by atoms with Crippen molar-refractivity contribution in [1.82, 2.24) is 23.8 Å². The molecule has 0 spiro atoms. The van der Waals surface area contributed by atoms with Gasteiger partial charge in [-0.05, 0) is 30.7 Å². The number of aryl methyl sites for hydroxylation is 1. The fraction of sp³-hybridized carbons (Fsp3) is 0.300. The van der Waals surface area contributed by atoms with Gasteiger partial charge in [0.1, 0.15) is 24.3 Å². The van der Waals surface area contributed by atoms with Crippen molar-refractivity contribution >= 4 is 27.4 Å². The fourth-order valence-electron chi connectivity index (χ4n) is 3.56. The lowest BCUT2D eigenvalue weighted by molar-refractivity contribution is -0.114. The Balaban J connectivity index is 1.47. The Morgan fingerprint density at radius 1 is 1.06 bits per heavy atom. The third-order valence-electron chi connectivity index (χ3n) is 5.08. The van der Waals surface area contributed by atoms with E-state index in [1.807, 2.05) is 11.0 Å². The Hall–Kier alpha value is -3.31. The molecule has 1 aromatic carbocycles. The summed E-state index contributed by atoms with van der Waals surface area (Å²) in [5.41, 5.74) is 1.17. The predicted octanol–water partition coefficient (Wildman–Crippen LogP) is 1.44. The average Bonchev–Trinajstić information content (AvgIpc) is 3.28. The molecule has 1 aliphatic rings. The molecule has 11 heteroatoms. The molecule has 0 bridgehead atoms. The van der Waals surface area contributed by atoms with E-state index in [2.05, 4.69) is 20.3 Å². The van der Waals surface area contributed by atoms with Crippen LogP contribution in [0.3, 0.4) is 0 Å². The Kier molecular flexibility index (Phi) is 5.70. The second kappa shape index (κ2) is 8.44. The minimum Gasteiger partial charge on any atom is -0.354 e. The first-order valence-electron chi connectivity index (χ1n) is 9.78. The number of piperazine rings is 1. The van der Waals surface area contributed by atoms with Crippen LogP contribution in [-0.2, 0) is 14.8 Å². The third-order valence-corrected chi connectivity index (χ3v) is 7.14. The van der Waals surface area contributed by atoms with Crippen molar-refractivity contribution in [1.29, 1.82) is 0 Å². The van der Waals surface area contributed by atoms with Gasteiger partial charge in [0, 0.05) is 57.3 Å². The first kappa shape index (κ1) is 20.9. The van der Waals surface area contributed by atoms with E-state index < -0.39 is 10.0 Å². The van der Waals surface area contributed by atoms with Crippen molar-refractivity contribution < 1.29 is 13.2 Å². The monoisotopic (exact) mass is 441 g/mol. The van der Waals surface area contributed by atoms with Gasteiger partial charge in [0.05, 0.1) is 4.90 Å². The number of benzene rings is 1. The Morgan fingerprint density at radius 2 is 1.81 bits per heavy atom. The molecule has 1 N–H and O–H groups in total. The number of carbonyl (C=O) groups is 1. The van der Waals surface area contributed by atoms with Gasteiger partial charge in [0.25, 0.3) is 0 Å². The van der Waals surface area contributed by atoms with Crippen LogP contribution in [0.15, 0.2) is 54.2 Å². The van der Waals surface area contributed by atoms with Gasteiger partial charge in [0.15, 0.2) is 0 Å². The molecule has 1 amide bonds. The summed E-state index contributed by atoms with van der Waals surface area (Å²) in [7, 11) is -3.64. The number of hydrogen-bond acceptors (Lipinski definition) is 7. The molecule has 1 saturated heterocycles. The zero-order valence-corrected chi connectivity index (χ0v) is 18.1. The molecule has 3 heterocycles. The van der Waals surface area contributed by atoms with E-state index in [4.69, 9.17) is 0 Å². The lowest BCUT2D eigenvalue weighted by Crippen LogP contribution is -2.49. The van der Waals surface area contributed by atoms with Gasteiger partial charge < -0.3 is 10.2 Å². The van der Waals surface area contributed by atoms with Crippen LogP contribution in [0, 0.1) is 6.92 Å². The van der Waals surface area contributed by atoms with Gasteiger partial charge in [-0.25, -0.2) is 23.4 Å². The summed E-state index contributed by atoms with van der Waals surface area (Å²) in [6.07, 6.45) is 6.64. The van der Waals surface area contributed by atoms with Gasteiger partial charge in [-0.3, -0.25) is 9.36 Å². The number of anilines is 2. The van der Waals surface area contributed by atoms with E-state index in [-0.39, 0.29) is 10.8 Å². The maximum atomic E-state index is 13.2. The van der Waals surface area contributed by atoms with Crippen LogP contribution in [0.1, 0.15) is 12.5 Å². The highest BCUT2D eigenvalue weighted by Gasteiger charge is 2.30. The smallest absolute Gasteiger partial charge is 0.243 e. The molecule has 0 unspecified atom stereocenters. The standard InChI is InChI=1S/C20H23N7O3S/c1-15-11-17(24-16(2)28)3-4-18(15)31(29,30)27-9-7-25(8-10-27)19-12-20(23-13-22-19)26-6-5-21-14-26/h3-6,11-14H,7-10H2,1-2H3,(H,24,28). The van der Waals surface area contributed by atoms with Crippen molar-refractivity contribution in [2.45, 2.75) is 18.7 Å². The second-order valence-corrected chi connectivity index (χ2v) is 9.16. The predicted molar refractivity (Wildman–Crippen MR) is 116 cm³/mol.